The largest absolute Gasteiger partial charge is 0.388 e. The molecule has 0 radical (unpaired) electrons. The highest BCUT2D eigenvalue weighted by molar-refractivity contribution is 8.00. The summed E-state index contributed by atoms with van der Waals surface area (Å²) < 4.78 is 35.3. The van der Waals surface area contributed by atoms with E-state index in [-0.39, 0.29) is 30.1 Å². The molecule has 2 heterocycles. The molecule has 2 aliphatic rings. The van der Waals surface area contributed by atoms with Gasteiger partial charge in [0.25, 0.3) is 0 Å². The van der Waals surface area contributed by atoms with Gasteiger partial charge in [0.05, 0.1) is 35.6 Å². The van der Waals surface area contributed by atoms with Crippen LogP contribution in [0.3, 0.4) is 0 Å². The Morgan fingerprint density at radius 2 is 1.58 bits per heavy atom. The van der Waals surface area contributed by atoms with Crippen LogP contribution in [0.4, 0.5) is 4.39 Å². The zero-order valence-electron chi connectivity index (χ0n) is 19.0. The number of alkyl halides is 1. The Balaban J connectivity index is 0.000000233. The summed E-state index contributed by atoms with van der Waals surface area (Å²) in [5, 5.41) is 9.41. The molecule has 0 bridgehead atoms. The molecule has 0 spiro atoms. The topological polar surface area (TPSA) is 74.2 Å². The lowest BCUT2D eigenvalue weighted by Gasteiger charge is -2.41. The van der Waals surface area contributed by atoms with Crippen LogP contribution in [-0.2, 0) is 23.7 Å². The number of aliphatic hydroxyl groups excluding tert-OH is 1. The minimum Gasteiger partial charge on any atom is -0.388 e. The van der Waals surface area contributed by atoms with Gasteiger partial charge in [-0.05, 0) is 32.9 Å². The van der Waals surface area contributed by atoms with E-state index in [9.17, 15) is 14.3 Å². The molecule has 31 heavy (non-hydrogen) atoms. The average Bonchev–Trinajstić information content (AvgIpc) is 2.75. The van der Waals surface area contributed by atoms with Gasteiger partial charge in [-0.1, -0.05) is 25.1 Å². The van der Waals surface area contributed by atoms with Crippen molar-refractivity contribution in [1.29, 1.82) is 0 Å². The Morgan fingerprint density at radius 1 is 0.968 bits per heavy atom. The molecule has 0 aromatic heterocycles. The van der Waals surface area contributed by atoms with Gasteiger partial charge in [0.2, 0.25) is 6.36 Å². The van der Waals surface area contributed by atoms with Crippen molar-refractivity contribution in [2.45, 2.75) is 80.8 Å². The summed E-state index contributed by atoms with van der Waals surface area (Å²) in [7, 11) is 3.14. The van der Waals surface area contributed by atoms with Crippen LogP contribution in [0.15, 0.2) is 35.2 Å². The van der Waals surface area contributed by atoms with Gasteiger partial charge in [-0.2, -0.15) is 0 Å². The van der Waals surface area contributed by atoms with E-state index in [0.29, 0.717) is 0 Å². The minimum atomic E-state index is -1.45. The maximum Gasteiger partial charge on any atom is 0.214 e. The number of hydrogen-bond donors (Lipinski definition) is 1. The molecule has 176 valence electrons. The monoisotopic (exact) mass is 458 g/mol. The number of aliphatic hydroxyl groups is 1. The summed E-state index contributed by atoms with van der Waals surface area (Å²) in [6.07, 6.45) is -2.32. The molecule has 2 aliphatic heterocycles. The third-order valence-corrected chi connectivity index (χ3v) is 7.37. The molecule has 0 saturated carbocycles. The SMILES string of the molecule is COC1C(C)C(C)OC(C)C1C=O.COC1C(O)C(C)OC(F)C1Sc1ccccc1. The van der Waals surface area contributed by atoms with Crippen molar-refractivity contribution in [3.8, 4) is 0 Å². The molecule has 2 fully saturated rings. The second-order valence-corrected chi connectivity index (χ2v) is 9.35. The Labute approximate surface area is 188 Å². The Hall–Kier alpha value is -1.03. The second kappa shape index (κ2) is 12.3. The van der Waals surface area contributed by atoms with Gasteiger partial charge >= 0.3 is 0 Å². The van der Waals surface area contributed by atoms with Crippen LogP contribution >= 0.6 is 11.8 Å². The van der Waals surface area contributed by atoms with E-state index in [1.807, 2.05) is 44.2 Å². The standard InChI is InChI=1S/C13H17FO3S.C10H18O3/c1-8-10(15)11(16-2)12(13(14)17-8)18-9-6-4-3-5-7-9;1-6-7(2)13-8(3)9(5-11)10(6)12-4/h3-8,10-13,15H,1-2H3;5-10H,1-4H3. The van der Waals surface area contributed by atoms with E-state index >= 15 is 0 Å². The molecule has 1 N–H and O–H groups in total. The van der Waals surface area contributed by atoms with Crippen LogP contribution in [0.25, 0.3) is 0 Å². The van der Waals surface area contributed by atoms with Crippen molar-refractivity contribution >= 4 is 18.0 Å². The number of ether oxygens (including phenoxy) is 4. The quantitative estimate of drug-likeness (QED) is 0.677. The fourth-order valence-corrected chi connectivity index (χ4v) is 5.23. The molecular formula is C23H35FO6S. The van der Waals surface area contributed by atoms with Crippen LogP contribution in [-0.4, -0.2) is 73.8 Å². The van der Waals surface area contributed by atoms with Gasteiger partial charge in [0.15, 0.2) is 0 Å². The third-order valence-electron chi connectivity index (χ3n) is 6.07. The summed E-state index contributed by atoms with van der Waals surface area (Å²) >= 11 is 1.33. The van der Waals surface area contributed by atoms with Crippen molar-refractivity contribution in [1.82, 2.24) is 0 Å². The minimum absolute atomic E-state index is 0.00347. The highest BCUT2D eigenvalue weighted by atomic mass is 32.2. The van der Waals surface area contributed by atoms with Gasteiger partial charge in [0, 0.05) is 25.0 Å². The lowest BCUT2D eigenvalue weighted by atomic mass is 9.83. The van der Waals surface area contributed by atoms with Gasteiger partial charge in [-0.25, -0.2) is 4.39 Å². The van der Waals surface area contributed by atoms with Crippen molar-refractivity contribution in [3.05, 3.63) is 30.3 Å². The first kappa shape index (κ1) is 26.2. The molecule has 0 aliphatic carbocycles. The summed E-state index contributed by atoms with van der Waals surface area (Å²) in [6.45, 7) is 7.65. The molecule has 6 nitrogen and oxygen atoms in total. The number of hydrogen-bond acceptors (Lipinski definition) is 7. The van der Waals surface area contributed by atoms with E-state index in [4.69, 9.17) is 18.9 Å². The lowest BCUT2D eigenvalue weighted by molar-refractivity contribution is -0.200. The van der Waals surface area contributed by atoms with Crippen LogP contribution in [0.2, 0.25) is 0 Å². The van der Waals surface area contributed by atoms with Gasteiger partial charge in [-0.3, -0.25) is 0 Å². The molecule has 10 unspecified atom stereocenters. The first-order valence-corrected chi connectivity index (χ1v) is 11.5. The van der Waals surface area contributed by atoms with Crippen molar-refractivity contribution in [2.75, 3.05) is 14.2 Å². The normalized spacial score (nSPS) is 40.5. The van der Waals surface area contributed by atoms with E-state index < -0.39 is 29.9 Å². The van der Waals surface area contributed by atoms with Crippen LogP contribution in [0.5, 0.6) is 0 Å². The molecule has 8 heteroatoms. The zero-order chi connectivity index (χ0) is 23.1. The number of rotatable bonds is 5. The zero-order valence-corrected chi connectivity index (χ0v) is 19.8. The molecule has 10 atom stereocenters. The fraction of sp³-hybridized carbons (Fsp3) is 0.696. The molecule has 3 rings (SSSR count). The second-order valence-electron chi connectivity index (χ2n) is 8.10. The van der Waals surface area contributed by atoms with Gasteiger partial charge in [0.1, 0.15) is 18.5 Å². The van der Waals surface area contributed by atoms with Crippen molar-refractivity contribution < 1.29 is 33.2 Å². The van der Waals surface area contributed by atoms with E-state index in [1.54, 1.807) is 14.0 Å². The summed E-state index contributed by atoms with van der Waals surface area (Å²) in [5.74, 6) is 0.146. The number of methoxy groups -OCH3 is 2. The summed E-state index contributed by atoms with van der Waals surface area (Å²) in [5.41, 5.74) is 0. The molecular weight excluding hydrogens is 423 g/mol. The van der Waals surface area contributed by atoms with Gasteiger partial charge in [-0.15, -0.1) is 11.8 Å². The molecule has 1 aromatic rings. The Kier molecular flexibility index (Phi) is 10.4. The molecule has 1 aromatic carbocycles. The number of halogens is 1. The van der Waals surface area contributed by atoms with Crippen LogP contribution < -0.4 is 0 Å². The van der Waals surface area contributed by atoms with E-state index in [0.717, 1.165) is 11.2 Å². The predicted molar refractivity (Wildman–Crippen MR) is 118 cm³/mol. The molecule has 2 saturated heterocycles. The lowest BCUT2D eigenvalue weighted by Crippen LogP contribution is -2.54. The fourth-order valence-electron chi connectivity index (χ4n) is 4.02. The van der Waals surface area contributed by atoms with Crippen LogP contribution in [0, 0.1) is 11.8 Å². The van der Waals surface area contributed by atoms with E-state index in [1.165, 1.54) is 18.9 Å². The maximum absolute atomic E-state index is 14.0. The van der Waals surface area contributed by atoms with Crippen molar-refractivity contribution in [2.24, 2.45) is 11.8 Å². The highest BCUT2D eigenvalue weighted by Crippen LogP contribution is 2.36. The first-order chi connectivity index (χ1) is 14.7. The highest BCUT2D eigenvalue weighted by Gasteiger charge is 2.44. The Morgan fingerprint density at radius 3 is 2.13 bits per heavy atom. The Bertz CT molecular complexity index is 665. The maximum atomic E-state index is 14.0. The number of carbonyl (C=O) groups is 1. The number of aldehydes is 1. The third kappa shape index (κ3) is 6.49. The number of thioether (sulfide) groups is 1. The van der Waals surface area contributed by atoms with Crippen molar-refractivity contribution in [3.63, 3.8) is 0 Å². The number of carbonyl (C=O) groups excluding carboxylic acids is 1. The smallest absolute Gasteiger partial charge is 0.214 e. The van der Waals surface area contributed by atoms with Crippen LogP contribution in [0.1, 0.15) is 27.7 Å². The number of benzene rings is 1. The first-order valence-electron chi connectivity index (χ1n) is 10.6. The van der Waals surface area contributed by atoms with E-state index in [2.05, 4.69) is 6.92 Å². The summed E-state index contributed by atoms with van der Waals surface area (Å²) in [4.78, 5) is 11.8. The van der Waals surface area contributed by atoms with Gasteiger partial charge < -0.3 is 28.8 Å². The summed E-state index contributed by atoms with van der Waals surface area (Å²) in [6, 6.07) is 9.47. The molecule has 0 amide bonds. The average molecular weight is 459 g/mol. The predicted octanol–water partition coefficient (Wildman–Crippen LogP) is 3.50.